The van der Waals surface area contributed by atoms with Gasteiger partial charge in [-0.05, 0) is 36.8 Å². The third-order valence-corrected chi connectivity index (χ3v) is 3.58. The fraction of sp³-hybridized carbons (Fsp3) is 0.143. The van der Waals surface area contributed by atoms with Crippen LogP contribution in [0.25, 0.3) is 0 Å². The van der Waals surface area contributed by atoms with Crippen LogP contribution in [0.4, 0.5) is 18.9 Å². The summed E-state index contributed by atoms with van der Waals surface area (Å²) >= 11 is 8.60. The lowest BCUT2D eigenvalue weighted by atomic mass is 10.1. The van der Waals surface area contributed by atoms with Gasteiger partial charge in [0, 0.05) is 10.5 Å². The molecular weight excluding hydrogens is 355 g/mol. The van der Waals surface area contributed by atoms with Crippen molar-refractivity contribution in [3.05, 3.63) is 62.8 Å². The lowest BCUT2D eigenvalue weighted by Gasteiger charge is -2.17. The van der Waals surface area contributed by atoms with Gasteiger partial charge < -0.3 is 5.32 Å². The molecule has 1 N–H and O–H groups in total. The molecule has 1 nitrogen and oxygen atoms in total. The number of anilines is 1. The maximum absolute atomic E-state index is 13.7. The van der Waals surface area contributed by atoms with Crippen LogP contribution in [0, 0.1) is 17.5 Å². The molecule has 0 spiro atoms. The second-order valence-corrected chi connectivity index (χ2v) is 5.61. The van der Waals surface area contributed by atoms with Gasteiger partial charge in [-0.1, -0.05) is 33.6 Å². The average Bonchev–Trinajstić information content (AvgIpc) is 2.36. The minimum atomic E-state index is -0.724. The maximum Gasteiger partial charge on any atom is 0.150 e. The molecule has 2 aromatic carbocycles. The van der Waals surface area contributed by atoms with E-state index in [0.29, 0.717) is 10.0 Å². The van der Waals surface area contributed by atoms with Crippen molar-refractivity contribution in [2.24, 2.45) is 0 Å². The van der Waals surface area contributed by atoms with Gasteiger partial charge >= 0.3 is 0 Å². The largest absolute Gasteiger partial charge is 0.374 e. The van der Waals surface area contributed by atoms with Crippen LogP contribution in [-0.4, -0.2) is 0 Å². The molecule has 106 valence electrons. The zero-order valence-electron chi connectivity index (χ0n) is 10.4. The lowest BCUT2D eigenvalue weighted by Crippen LogP contribution is -2.10. The Labute approximate surface area is 127 Å². The molecule has 0 bridgehead atoms. The third-order valence-electron chi connectivity index (χ3n) is 2.81. The van der Waals surface area contributed by atoms with Crippen LogP contribution in [0.5, 0.6) is 0 Å². The molecule has 2 rings (SSSR count). The van der Waals surface area contributed by atoms with Gasteiger partial charge in [0.05, 0.1) is 5.02 Å². The van der Waals surface area contributed by atoms with Crippen LogP contribution in [0.15, 0.2) is 34.8 Å². The summed E-state index contributed by atoms with van der Waals surface area (Å²) in [5, 5.41) is 2.69. The summed E-state index contributed by atoms with van der Waals surface area (Å²) in [5.74, 6) is -2.02. The van der Waals surface area contributed by atoms with Gasteiger partial charge in [0.25, 0.3) is 0 Å². The highest BCUT2D eigenvalue weighted by Gasteiger charge is 2.15. The second-order valence-electron chi connectivity index (χ2n) is 4.28. The monoisotopic (exact) mass is 363 g/mol. The van der Waals surface area contributed by atoms with Gasteiger partial charge in [0.2, 0.25) is 0 Å². The van der Waals surface area contributed by atoms with Crippen LogP contribution in [0.2, 0.25) is 5.02 Å². The number of hydrogen-bond donors (Lipinski definition) is 1. The Morgan fingerprint density at radius 2 is 1.65 bits per heavy atom. The molecule has 0 aliphatic rings. The predicted molar refractivity (Wildman–Crippen MR) is 77.5 cm³/mol. The van der Waals surface area contributed by atoms with Crippen LogP contribution < -0.4 is 5.32 Å². The topological polar surface area (TPSA) is 12.0 Å². The Hall–Kier alpha value is -1.20. The summed E-state index contributed by atoms with van der Waals surface area (Å²) in [5.41, 5.74) is 0.282. The van der Waals surface area contributed by atoms with E-state index in [1.807, 2.05) is 0 Å². The lowest BCUT2D eigenvalue weighted by molar-refractivity contribution is 0.582. The van der Waals surface area contributed by atoms with Crippen molar-refractivity contribution in [3.63, 3.8) is 0 Å². The highest BCUT2D eigenvalue weighted by atomic mass is 79.9. The molecule has 6 heteroatoms. The number of halogens is 5. The first kappa shape index (κ1) is 15.2. The molecule has 0 aromatic heterocycles. The summed E-state index contributed by atoms with van der Waals surface area (Å²) in [6.07, 6.45) is 0. The Balaban J connectivity index is 2.27. The normalized spacial score (nSPS) is 12.3. The molecule has 0 fully saturated rings. The fourth-order valence-electron chi connectivity index (χ4n) is 1.76. The number of rotatable bonds is 3. The summed E-state index contributed by atoms with van der Waals surface area (Å²) in [6, 6.07) is 6.05. The van der Waals surface area contributed by atoms with E-state index in [1.54, 1.807) is 13.0 Å². The van der Waals surface area contributed by atoms with E-state index in [0.717, 1.165) is 12.1 Å². The van der Waals surface area contributed by atoms with Crippen LogP contribution in [-0.2, 0) is 0 Å². The Bertz CT molecular complexity index is 625. The van der Waals surface area contributed by atoms with Crippen molar-refractivity contribution in [2.75, 3.05) is 5.32 Å². The highest BCUT2D eigenvalue weighted by molar-refractivity contribution is 9.10. The zero-order valence-corrected chi connectivity index (χ0v) is 12.7. The van der Waals surface area contributed by atoms with Gasteiger partial charge in [-0.15, -0.1) is 0 Å². The molecular formula is C14H10BrClF3N. The van der Waals surface area contributed by atoms with Crippen molar-refractivity contribution in [1.82, 2.24) is 0 Å². The molecule has 2 aromatic rings. The van der Waals surface area contributed by atoms with Crippen molar-refractivity contribution in [3.8, 4) is 0 Å². The van der Waals surface area contributed by atoms with Gasteiger partial charge in [-0.2, -0.15) is 0 Å². The molecule has 20 heavy (non-hydrogen) atoms. The highest BCUT2D eigenvalue weighted by Crippen LogP contribution is 2.28. The predicted octanol–water partition coefficient (Wildman–Crippen LogP) is 5.69. The van der Waals surface area contributed by atoms with Crippen molar-refractivity contribution in [2.45, 2.75) is 13.0 Å². The smallest absolute Gasteiger partial charge is 0.150 e. The summed E-state index contributed by atoms with van der Waals surface area (Å²) in [4.78, 5) is 0. The van der Waals surface area contributed by atoms with Crippen molar-refractivity contribution < 1.29 is 13.2 Å². The summed E-state index contributed by atoms with van der Waals surface area (Å²) < 4.78 is 41.1. The standard InChI is InChI=1S/C14H10BrClF3N/c1-7(8-2-3-10(16)11(17)4-8)20-14-12(18)5-9(15)6-13(14)19/h2-7,20H,1H3. The molecule has 1 atom stereocenters. The Morgan fingerprint density at radius 3 is 2.20 bits per heavy atom. The van der Waals surface area contributed by atoms with Crippen LogP contribution >= 0.6 is 27.5 Å². The molecule has 0 aliphatic carbocycles. The molecule has 0 amide bonds. The summed E-state index contributed by atoms with van der Waals surface area (Å²) in [6.45, 7) is 1.67. The molecule has 1 unspecified atom stereocenters. The Morgan fingerprint density at radius 1 is 1.05 bits per heavy atom. The second kappa shape index (κ2) is 6.06. The number of nitrogens with one attached hydrogen (secondary N) is 1. The maximum atomic E-state index is 13.7. The SMILES string of the molecule is CC(Nc1c(F)cc(Br)cc1F)c1ccc(Cl)c(F)c1. The summed E-state index contributed by atoms with van der Waals surface area (Å²) in [7, 11) is 0. The molecule has 0 heterocycles. The molecule has 0 saturated carbocycles. The minimum absolute atomic E-state index is 0.00181. The first-order chi connectivity index (χ1) is 9.38. The van der Waals surface area contributed by atoms with Crippen LogP contribution in [0.1, 0.15) is 18.5 Å². The Kier molecular flexibility index (Phi) is 4.60. The quantitative estimate of drug-likeness (QED) is 0.737. The van der Waals surface area contributed by atoms with E-state index in [-0.39, 0.29) is 10.7 Å². The van der Waals surface area contributed by atoms with Crippen molar-refractivity contribution >= 4 is 33.2 Å². The average molecular weight is 365 g/mol. The van der Waals surface area contributed by atoms with Crippen molar-refractivity contribution in [1.29, 1.82) is 0 Å². The fourth-order valence-corrected chi connectivity index (χ4v) is 2.28. The zero-order chi connectivity index (χ0) is 14.9. The van der Waals surface area contributed by atoms with E-state index in [2.05, 4.69) is 21.2 Å². The molecule has 0 saturated heterocycles. The number of benzene rings is 2. The van der Waals surface area contributed by atoms with E-state index >= 15 is 0 Å². The van der Waals surface area contributed by atoms with Gasteiger partial charge in [0.15, 0.2) is 0 Å². The molecule has 0 radical (unpaired) electrons. The van der Waals surface area contributed by atoms with Gasteiger partial charge in [-0.3, -0.25) is 0 Å². The van der Waals surface area contributed by atoms with E-state index in [1.165, 1.54) is 12.1 Å². The van der Waals surface area contributed by atoms with E-state index in [9.17, 15) is 13.2 Å². The van der Waals surface area contributed by atoms with Gasteiger partial charge in [-0.25, -0.2) is 13.2 Å². The first-order valence-electron chi connectivity index (χ1n) is 5.74. The minimum Gasteiger partial charge on any atom is -0.374 e. The van der Waals surface area contributed by atoms with Gasteiger partial charge in [0.1, 0.15) is 23.1 Å². The number of hydrogen-bond acceptors (Lipinski definition) is 1. The first-order valence-corrected chi connectivity index (χ1v) is 6.91. The third kappa shape index (κ3) is 3.27. The van der Waals surface area contributed by atoms with E-state index < -0.39 is 23.5 Å². The van der Waals surface area contributed by atoms with E-state index in [4.69, 9.17) is 11.6 Å². The van der Waals surface area contributed by atoms with Crippen LogP contribution in [0.3, 0.4) is 0 Å². The molecule has 0 aliphatic heterocycles.